The molecule has 2 aromatic rings. The van der Waals surface area contributed by atoms with E-state index in [4.69, 9.17) is 5.14 Å². The van der Waals surface area contributed by atoms with Gasteiger partial charge in [-0.1, -0.05) is 13.8 Å². The van der Waals surface area contributed by atoms with Crippen LogP contribution in [-0.4, -0.2) is 28.8 Å². The Kier molecular flexibility index (Phi) is 4.58. The lowest BCUT2D eigenvalue weighted by atomic mass is 9.84. The molecule has 0 saturated carbocycles. The van der Waals surface area contributed by atoms with Gasteiger partial charge in [0.2, 0.25) is 10.0 Å². The molecule has 0 aliphatic heterocycles. The fourth-order valence-electron chi connectivity index (χ4n) is 2.47. The van der Waals surface area contributed by atoms with E-state index in [1.807, 2.05) is 6.20 Å². The first-order chi connectivity index (χ1) is 10.1. The second kappa shape index (κ2) is 5.96. The molecule has 0 radical (unpaired) electrons. The van der Waals surface area contributed by atoms with Crippen LogP contribution in [0, 0.1) is 19.3 Å². The van der Waals surface area contributed by atoms with E-state index in [1.54, 1.807) is 10.7 Å². The van der Waals surface area contributed by atoms with Crippen molar-refractivity contribution >= 4 is 15.7 Å². The van der Waals surface area contributed by atoms with Crippen LogP contribution >= 0.6 is 0 Å². The fraction of sp³-hybridized carbons (Fsp3) is 0.600. The van der Waals surface area contributed by atoms with Gasteiger partial charge in [-0.3, -0.25) is 0 Å². The van der Waals surface area contributed by atoms with E-state index in [-0.39, 0.29) is 11.2 Å². The van der Waals surface area contributed by atoms with Gasteiger partial charge in [-0.15, -0.1) is 0 Å². The normalized spacial score (nSPS) is 13.0. The van der Waals surface area contributed by atoms with Gasteiger partial charge >= 0.3 is 0 Å². The zero-order chi connectivity index (χ0) is 16.5. The van der Waals surface area contributed by atoms with Gasteiger partial charge in [0.05, 0.1) is 11.4 Å². The molecule has 0 aliphatic carbocycles. The molecule has 22 heavy (non-hydrogen) atoms. The van der Waals surface area contributed by atoms with Gasteiger partial charge in [0.15, 0.2) is 5.65 Å². The van der Waals surface area contributed by atoms with Gasteiger partial charge in [0.1, 0.15) is 0 Å². The minimum atomic E-state index is -3.40. The summed E-state index contributed by atoms with van der Waals surface area (Å²) in [7, 11) is -3.40. The number of fused-ring (bicyclic) bond motifs is 1. The van der Waals surface area contributed by atoms with Crippen molar-refractivity contribution in [2.75, 3.05) is 5.75 Å². The summed E-state index contributed by atoms with van der Waals surface area (Å²) < 4.78 is 24.0. The number of aromatic nitrogens is 3. The fourth-order valence-corrected chi connectivity index (χ4v) is 3.31. The highest BCUT2D eigenvalue weighted by Gasteiger charge is 2.21. The number of aryl methyl sites for hydroxylation is 2. The average Bonchev–Trinajstić information content (AvgIpc) is 2.87. The monoisotopic (exact) mass is 324 g/mol. The van der Waals surface area contributed by atoms with E-state index in [0.29, 0.717) is 6.42 Å². The Bertz CT molecular complexity index is 778. The quantitative estimate of drug-likeness (QED) is 0.879. The van der Waals surface area contributed by atoms with E-state index >= 15 is 0 Å². The summed E-state index contributed by atoms with van der Waals surface area (Å²) in [6.07, 6.45) is 5.80. The summed E-state index contributed by atoms with van der Waals surface area (Å²) in [6, 6.07) is 0. The van der Waals surface area contributed by atoms with Crippen LogP contribution in [-0.2, 0) is 16.4 Å². The number of hydrogen-bond acceptors (Lipinski definition) is 4. The van der Waals surface area contributed by atoms with Crippen LogP contribution in [0.3, 0.4) is 0 Å². The summed E-state index contributed by atoms with van der Waals surface area (Å²) in [5.74, 6) is 0.0198. The molecule has 2 heterocycles. The Labute approximate surface area is 131 Å². The van der Waals surface area contributed by atoms with E-state index in [1.165, 1.54) is 0 Å². The van der Waals surface area contributed by atoms with Crippen LogP contribution in [0.2, 0.25) is 0 Å². The Morgan fingerprint density at radius 1 is 1.23 bits per heavy atom. The van der Waals surface area contributed by atoms with Gasteiger partial charge in [-0.2, -0.15) is 5.10 Å². The third-order valence-corrected chi connectivity index (χ3v) is 5.06. The number of nitrogens with zero attached hydrogens (tertiary/aromatic N) is 3. The second-order valence-electron chi connectivity index (χ2n) is 6.67. The second-order valence-corrected chi connectivity index (χ2v) is 8.41. The molecule has 0 bridgehead atoms. The zero-order valence-corrected chi connectivity index (χ0v) is 14.4. The SMILES string of the molecule is Cc1c(CCC(C)(C)CCS(N)(=O)=O)nn2ccnc2c1C. The van der Waals surface area contributed by atoms with Crippen molar-refractivity contribution in [2.45, 2.75) is 47.0 Å². The largest absolute Gasteiger partial charge is 0.235 e. The summed E-state index contributed by atoms with van der Waals surface area (Å²) >= 11 is 0. The van der Waals surface area contributed by atoms with Crippen molar-refractivity contribution in [1.82, 2.24) is 14.6 Å². The van der Waals surface area contributed by atoms with Crippen molar-refractivity contribution in [3.8, 4) is 0 Å². The molecule has 0 atom stereocenters. The maximum Gasteiger partial charge on any atom is 0.209 e. The minimum Gasteiger partial charge on any atom is -0.235 e. The van der Waals surface area contributed by atoms with Gasteiger partial charge < -0.3 is 0 Å². The molecule has 2 aromatic heterocycles. The molecule has 2 N–H and O–H groups in total. The molecular formula is C15H24N4O2S. The molecule has 0 aliphatic rings. The third kappa shape index (κ3) is 4.04. The Morgan fingerprint density at radius 3 is 2.55 bits per heavy atom. The van der Waals surface area contributed by atoms with Crippen molar-refractivity contribution in [2.24, 2.45) is 10.6 Å². The number of hydrogen-bond donors (Lipinski definition) is 1. The summed E-state index contributed by atoms with van der Waals surface area (Å²) in [5.41, 5.74) is 4.11. The molecule has 6 nitrogen and oxygen atoms in total. The molecule has 2 rings (SSSR count). The summed E-state index contributed by atoms with van der Waals surface area (Å²) in [6.45, 7) is 8.24. The minimum absolute atomic E-state index is 0.0198. The van der Waals surface area contributed by atoms with Gasteiger partial charge in [-0.05, 0) is 49.7 Å². The number of sulfonamides is 1. The molecular weight excluding hydrogens is 300 g/mol. The first kappa shape index (κ1) is 16.9. The van der Waals surface area contributed by atoms with Crippen molar-refractivity contribution in [3.05, 3.63) is 29.2 Å². The molecule has 0 fully saturated rings. The topological polar surface area (TPSA) is 90.4 Å². The molecule has 0 amide bonds. The predicted octanol–water partition coefficient (Wildman–Crippen LogP) is 1.98. The molecule has 0 unspecified atom stereocenters. The summed E-state index contributed by atoms with van der Waals surface area (Å²) in [5, 5.41) is 9.71. The molecule has 122 valence electrons. The van der Waals surface area contributed by atoms with E-state index < -0.39 is 10.0 Å². The number of nitrogens with two attached hydrogens (primary N) is 1. The Morgan fingerprint density at radius 2 is 1.91 bits per heavy atom. The lowest BCUT2D eigenvalue weighted by Crippen LogP contribution is -2.23. The van der Waals surface area contributed by atoms with Gasteiger partial charge in [0, 0.05) is 12.4 Å². The highest BCUT2D eigenvalue weighted by atomic mass is 32.2. The highest BCUT2D eigenvalue weighted by molar-refractivity contribution is 7.89. The molecule has 0 aromatic carbocycles. The maximum absolute atomic E-state index is 11.1. The average molecular weight is 324 g/mol. The maximum atomic E-state index is 11.1. The summed E-state index contributed by atoms with van der Waals surface area (Å²) in [4.78, 5) is 4.31. The van der Waals surface area contributed by atoms with Crippen molar-refractivity contribution in [3.63, 3.8) is 0 Å². The number of rotatable bonds is 6. The van der Waals surface area contributed by atoms with Crippen LogP contribution in [0.15, 0.2) is 12.4 Å². The lowest BCUT2D eigenvalue weighted by Gasteiger charge is -2.24. The van der Waals surface area contributed by atoms with Crippen LogP contribution in [0.25, 0.3) is 5.65 Å². The Hall–Kier alpha value is -1.47. The third-order valence-electron chi connectivity index (χ3n) is 4.28. The lowest BCUT2D eigenvalue weighted by molar-refractivity contribution is 0.321. The van der Waals surface area contributed by atoms with Crippen LogP contribution < -0.4 is 5.14 Å². The first-order valence-corrected chi connectivity index (χ1v) is 9.10. The van der Waals surface area contributed by atoms with Gasteiger partial charge in [0.25, 0.3) is 0 Å². The predicted molar refractivity (Wildman–Crippen MR) is 87.2 cm³/mol. The van der Waals surface area contributed by atoms with Crippen LogP contribution in [0.1, 0.15) is 43.5 Å². The number of imidazole rings is 1. The van der Waals surface area contributed by atoms with Crippen molar-refractivity contribution < 1.29 is 8.42 Å². The molecule has 0 spiro atoms. The smallest absolute Gasteiger partial charge is 0.209 e. The van der Waals surface area contributed by atoms with Crippen LogP contribution in [0.4, 0.5) is 0 Å². The van der Waals surface area contributed by atoms with E-state index in [2.05, 4.69) is 37.8 Å². The standard InChI is InChI=1S/C15H24N4O2S/c1-11-12(2)14-17-8-9-19(14)18-13(11)5-6-15(3,4)7-10-22(16,20)21/h8-9H,5-7,10H2,1-4H3,(H2,16,20,21). The van der Waals surface area contributed by atoms with E-state index in [9.17, 15) is 8.42 Å². The van der Waals surface area contributed by atoms with E-state index in [0.717, 1.165) is 35.3 Å². The Balaban J connectivity index is 2.12. The van der Waals surface area contributed by atoms with Crippen molar-refractivity contribution in [1.29, 1.82) is 0 Å². The molecule has 7 heteroatoms. The molecule has 0 saturated heterocycles. The number of primary sulfonamides is 1. The first-order valence-electron chi connectivity index (χ1n) is 7.39. The highest BCUT2D eigenvalue weighted by Crippen LogP contribution is 2.28. The van der Waals surface area contributed by atoms with Crippen LogP contribution in [0.5, 0.6) is 0 Å². The zero-order valence-electron chi connectivity index (χ0n) is 13.6. The van der Waals surface area contributed by atoms with Gasteiger partial charge in [-0.25, -0.2) is 23.1 Å².